The van der Waals surface area contributed by atoms with Gasteiger partial charge >= 0.3 is 5.97 Å². The quantitative estimate of drug-likeness (QED) is 0.644. The fourth-order valence-electron chi connectivity index (χ4n) is 3.49. The molecule has 0 aliphatic carbocycles. The monoisotopic (exact) mass is 368 g/mol. The molecule has 0 atom stereocenters. The van der Waals surface area contributed by atoms with E-state index < -0.39 is 10.9 Å². The first-order chi connectivity index (χ1) is 13.0. The molecule has 2 aromatic carbocycles. The van der Waals surface area contributed by atoms with Crippen molar-refractivity contribution in [2.45, 2.75) is 19.3 Å². The fourth-order valence-corrected chi connectivity index (χ4v) is 3.49. The number of carboxylic acid groups (broad SMARTS) is 1. The summed E-state index contributed by atoms with van der Waals surface area (Å²) in [4.78, 5) is 36.0. The summed E-state index contributed by atoms with van der Waals surface area (Å²) in [6, 6.07) is 12.8. The van der Waals surface area contributed by atoms with Crippen LogP contribution < -0.4 is 0 Å². The lowest BCUT2D eigenvalue weighted by atomic mass is 9.88. The molecule has 0 aromatic heterocycles. The summed E-state index contributed by atoms with van der Waals surface area (Å²) in [5, 5.41) is 20.2. The first-order valence-electron chi connectivity index (χ1n) is 8.80. The van der Waals surface area contributed by atoms with Gasteiger partial charge in [0.05, 0.1) is 10.5 Å². The number of nitro benzene ring substituents is 1. The summed E-state index contributed by atoms with van der Waals surface area (Å²) >= 11 is 0. The van der Waals surface area contributed by atoms with Gasteiger partial charge in [-0.2, -0.15) is 0 Å². The van der Waals surface area contributed by atoms with Crippen molar-refractivity contribution < 1.29 is 19.6 Å². The van der Waals surface area contributed by atoms with Gasteiger partial charge in [0.1, 0.15) is 0 Å². The van der Waals surface area contributed by atoms with Crippen molar-refractivity contribution in [1.29, 1.82) is 0 Å². The van der Waals surface area contributed by atoms with E-state index in [0.717, 1.165) is 18.4 Å². The van der Waals surface area contributed by atoms with Gasteiger partial charge in [0.2, 0.25) is 0 Å². The van der Waals surface area contributed by atoms with Crippen LogP contribution in [-0.4, -0.2) is 39.9 Å². The topological polar surface area (TPSA) is 101 Å². The first-order valence-corrected chi connectivity index (χ1v) is 8.80. The Balaban J connectivity index is 1.62. The van der Waals surface area contributed by atoms with Crippen molar-refractivity contribution >= 4 is 17.6 Å². The number of nitro groups is 1. The maximum absolute atomic E-state index is 12.6. The predicted octanol–water partition coefficient (Wildman–Crippen LogP) is 3.39. The van der Waals surface area contributed by atoms with Crippen LogP contribution in [0.3, 0.4) is 0 Å². The number of hydrogen-bond donors (Lipinski definition) is 1. The predicted molar refractivity (Wildman–Crippen MR) is 98.8 cm³/mol. The van der Waals surface area contributed by atoms with Crippen molar-refractivity contribution in [1.82, 2.24) is 4.90 Å². The molecular formula is C20H20N2O5. The fraction of sp³-hybridized carbons (Fsp3) is 0.300. The lowest BCUT2D eigenvalue weighted by molar-refractivity contribution is -0.384. The zero-order chi connectivity index (χ0) is 19.4. The van der Waals surface area contributed by atoms with E-state index in [2.05, 4.69) is 0 Å². The lowest BCUT2D eigenvalue weighted by Crippen LogP contribution is -2.39. The summed E-state index contributed by atoms with van der Waals surface area (Å²) in [5.74, 6) is -0.827. The molecule has 0 bridgehead atoms. The van der Waals surface area contributed by atoms with E-state index in [1.807, 2.05) is 12.1 Å². The van der Waals surface area contributed by atoms with Crippen LogP contribution >= 0.6 is 0 Å². The molecule has 1 fully saturated rings. The van der Waals surface area contributed by atoms with E-state index in [4.69, 9.17) is 0 Å². The van der Waals surface area contributed by atoms with Crippen LogP contribution in [0.4, 0.5) is 5.69 Å². The van der Waals surface area contributed by atoms with Crippen molar-refractivity contribution in [3.8, 4) is 0 Å². The normalized spacial score (nSPS) is 14.7. The molecule has 0 radical (unpaired) electrons. The summed E-state index contributed by atoms with van der Waals surface area (Å²) in [5.41, 5.74) is 1.36. The van der Waals surface area contributed by atoms with Crippen molar-refractivity contribution in [3.63, 3.8) is 0 Å². The van der Waals surface area contributed by atoms with Gasteiger partial charge in [0.25, 0.3) is 11.6 Å². The Morgan fingerprint density at radius 1 is 1.11 bits per heavy atom. The molecule has 1 N–H and O–H groups in total. The van der Waals surface area contributed by atoms with Crippen LogP contribution in [0, 0.1) is 16.0 Å². The maximum Gasteiger partial charge on any atom is 0.335 e. The third-order valence-corrected chi connectivity index (χ3v) is 4.96. The van der Waals surface area contributed by atoms with Crippen LogP contribution in [0.5, 0.6) is 0 Å². The average molecular weight is 368 g/mol. The molecule has 3 rings (SSSR count). The second-order valence-corrected chi connectivity index (χ2v) is 6.71. The van der Waals surface area contributed by atoms with Gasteiger partial charge in [-0.1, -0.05) is 24.3 Å². The zero-order valence-corrected chi connectivity index (χ0v) is 14.7. The number of benzene rings is 2. The third-order valence-electron chi connectivity index (χ3n) is 4.96. The van der Waals surface area contributed by atoms with Gasteiger partial charge in [-0.25, -0.2) is 4.79 Å². The van der Waals surface area contributed by atoms with Crippen molar-refractivity contribution in [3.05, 3.63) is 75.3 Å². The van der Waals surface area contributed by atoms with Crippen LogP contribution in [0.1, 0.15) is 39.1 Å². The summed E-state index contributed by atoms with van der Waals surface area (Å²) in [6.45, 7) is 1.11. The summed E-state index contributed by atoms with van der Waals surface area (Å²) in [6.07, 6.45) is 2.21. The third kappa shape index (κ3) is 4.31. The molecule has 1 aliphatic heterocycles. The molecule has 0 spiro atoms. The smallest absolute Gasteiger partial charge is 0.335 e. The largest absolute Gasteiger partial charge is 0.478 e. The number of non-ortho nitro benzene ring substituents is 1. The average Bonchev–Trinajstić information content (AvgIpc) is 2.68. The first kappa shape index (κ1) is 18.6. The van der Waals surface area contributed by atoms with Crippen LogP contribution in [0.15, 0.2) is 48.5 Å². The van der Waals surface area contributed by atoms with Gasteiger partial charge in [-0.05, 0) is 42.9 Å². The van der Waals surface area contributed by atoms with Gasteiger partial charge in [-0.15, -0.1) is 0 Å². The molecule has 0 saturated carbocycles. The Bertz CT molecular complexity index is 872. The summed E-state index contributed by atoms with van der Waals surface area (Å²) < 4.78 is 0. The number of rotatable bonds is 5. The summed E-state index contributed by atoms with van der Waals surface area (Å²) in [7, 11) is 0. The molecule has 1 saturated heterocycles. The maximum atomic E-state index is 12.6. The highest BCUT2D eigenvalue weighted by molar-refractivity contribution is 5.95. The number of nitrogens with zero attached hydrogens (tertiary/aromatic N) is 2. The van der Waals surface area contributed by atoms with Crippen LogP contribution in [0.25, 0.3) is 0 Å². The lowest BCUT2D eigenvalue weighted by Gasteiger charge is -2.32. The molecule has 0 unspecified atom stereocenters. The minimum absolute atomic E-state index is 0.0963. The Labute approximate surface area is 156 Å². The van der Waals surface area contributed by atoms with E-state index >= 15 is 0 Å². The number of carbonyl (C=O) groups is 2. The van der Waals surface area contributed by atoms with Gasteiger partial charge in [0.15, 0.2) is 0 Å². The minimum Gasteiger partial charge on any atom is -0.478 e. The van der Waals surface area contributed by atoms with Crippen molar-refractivity contribution in [2.75, 3.05) is 13.1 Å². The molecule has 1 heterocycles. The molecule has 7 heteroatoms. The number of hydrogen-bond acceptors (Lipinski definition) is 4. The van der Waals surface area contributed by atoms with Crippen molar-refractivity contribution in [2.24, 2.45) is 5.92 Å². The standard InChI is InChI=1S/C20H20N2O5/c23-19(16-5-3-6-17(13-16)22(26)27)21-10-8-14(9-11-21)12-15-4-1-2-7-18(15)20(24)25/h1-7,13-14H,8-12H2,(H,24,25). The van der Waals surface area contributed by atoms with Crippen LogP contribution in [-0.2, 0) is 6.42 Å². The second-order valence-electron chi connectivity index (χ2n) is 6.71. The molecular weight excluding hydrogens is 348 g/mol. The highest BCUT2D eigenvalue weighted by atomic mass is 16.6. The highest BCUT2D eigenvalue weighted by Gasteiger charge is 2.25. The number of aromatic carboxylic acids is 1. The molecule has 27 heavy (non-hydrogen) atoms. The Morgan fingerprint density at radius 2 is 1.81 bits per heavy atom. The van der Waals surface area contributed by atoms with Gasteiger partial charge in [-0.3, -0.25) is 14.9 Å². The number of amides is 1. The number of piperidine rings is 1. The number of likely N-dealkylation sites (tertiary alicyclic amines) is 1. The molecule has 1 aliphatic rings. The SMILES string of the molecule is O=C(O)c1ccccc1CC1CCN(C(=O)c2cccc([N+](=O)[O-])c2)CC1. The van der Waals surface area contributed by atoms with Gasteiger partial charge < -0.3 is 10.0 Å². The van der Waals surface area contributed by atoms with E-state index in [-0.39, 0.29) is 11.6 Å². The zero-order valence-electron chi connectivity index (χ0n) is 14.7. The number of carbonyl (C=O) groups excluding carboxylic acids is 1. The molecule has 7 nitrogen and oxygen atoms in total. The van der Waals surface area contributed by atoms with Crippen LogP contribution in [0.2, 0.25) is 0 Å². The molecule has 140 valence electrons. The second kappa shape index (κ2) is 7.99. The van der Waals surface area contributed by atoms with E-state index in [1.165, 1.54) is 18.2 Å². The van der Waals surface area contributed by atoms with E-state index in [9.17, 15) is 24.8 Å². The van der Waals surface area contributed by atoms with Gasteiger partial charge in [0, 0.05) is 30.8 Å². The Hall–Kier alpha value is -3.22. The van der Waals surface area contributed by atoms with E-state index in [1.54, 1.807) is 23.1 Å². The molecule has 1 amide bonds. The number of carboxylic acids is 1. The Kier molecular flexibility index (Phi) is 5.49. The minimum atomic E-state index is -0.927. The van der Waals surface area contributed by atoms with E-state index in [0.29, 0.717) is 36.6 Å². The molecule has 2 aromatic rings. The highest BCUT2D eigenvalue weighted by Crippen LogP contribution is 2.25. The Morgan fingerprint density at radius 3 is 2.48 bits per heavy atom.